The van der Waals surface area contributed by atoms with Crippen LogP contribution in [0.2, 0.25) is 0 Å². The maximum absolute atomic E-state index is 5.49. The molecular formula is C43H39N5. The summed E-state index contributed by atoms with van der Waals surface area (Å²) in [7, 11) is 0. The van der Waals surface area contributed by atoms with Crippen LogP contribution >= 0.6 is 0 Å². The number of hydrogen-bond donors (Lipinski definition) is 2. The number of nitrogens with zero attached hydrogens (tertiary/aromatic N) is 3. The number of amidine groups is 2. The third-order valence-electron chi connectivity index (χ3n) is 9.49. The third-order valence-corrected chi connectivity index (χ3v) is 9.49. The van der Waals surface area contributed by atoms with Crippen molar-refractivity contribution in [3.63, 3.8) is 0 Å². The highest BCUT2D eigenvalue weighted by atomic mass is 15.2. The molecule has 3 aliphatic carbocycles. The van der Waals surface area contributed by atoms with Gasteiger partial charge in [0.1, 0.15) is 24.0 Å². The highest BCUT2D eigenvalue weighted by Crippen LogP contribution is 2.36. The lowest BCUT2D eigenvalue weighted by Crippen LogP contribution is -2.41. The average molecular weight is 626 g/mol. The van der Waals surface area contributed by atoms with E-state index in [1.54, 1.807) is 0 Å². The lowest BCUT2D eigenvalue weighted by Gasteiger charge is -2.33. The zero-order chi connectivity index (χ0) is 32.1. The van der Waals surface area contributed by atoms with Gasteiger partial charge in [-0.3, -0.25) is 4.99 Å². The van der Waals surface area contributed by atoms with Gasteiger partial charge in [-0.2, -0.15) is 0 Å². The second-order valence-electron chi connectivity index (χ2n) is 12.7. The highest BCUT2D eigenvalue weighted by molar-refractivity contribution is 6.32. The molecule has 0 saturated carbocycles. The van der Waals surface area contributed by atoms with E-state index in [0.29, 0.717) is 0 Å². The van der Waals surface area contributed by atoms with Crippen LogP contribution in [-0.4, -0.2) is 29.7 Å². The van der Waals surface area contributed by atoms with Gasteiger partial charge in [0.2, 0.25) is 0 Å². The number of hydrogen-bond acceptors (Lipinski definition) is 5. The van der Waals surface area contributed by atoms with Crippen LogP contribution in [0.4, 0.5) is 0 Å². The summed E-state index contributed by atoms with van der Waals surface area (Å²) < 4.78 is 0. The molecule has 0 aromatic heterocycles. The summed E-state index contributed by atoms with van der Waals surface area (Å²) >= 11 is 0. The largest absolute Gasteiger partial charge is 0.359 e. The van der Waals surface area contributed by atoms with E-state index >= 15 is 0 Å². The van der Waals surface area contributed by atoms with Crippen LogP contribution in [0.3, 0.4) is 0 Å². The Balaban J connectivity index is 1.13. The van der Waals surface area contributed by atoms with Gasteiger partial charge in [0.15, 0.2) is 0 Å². The van der Waals surface area contributed by atoms with Crippen LogP contribution in [-0.2, 0) is 0 Å². The average Bonchev–Trinajstić information content (AvgIpc) is 3.19. The number of nitrogens with one attached hydrogen (secondary N) is 2. The molecule has 3 aromatic carbocycles. The van der Waals surface area contributed by atoms with Gasteiger partial charge in [-0.1, -0.05) is 152 Å². The van der Waals surface area contributed by atoms with E-state index in [-0.39, 0.29) is 24.2 Å². The molecule has 236 valence electrons. The lowest BCUT2D eigenvalue weighted by atomic mass is 9.83. The van der Waals surface area contributed by atoms with Gasteiger partial charge in [0.25, 0.3) is 0 Å². The molecule has 0 bridgehead atoms. The van der Waals surface area contributed by atoms with Crippen molar-refractivity contribution in [3.05, 3.63) is 180 Å². The molecule has 48 heavy (non-hydrogen) atoms. The minimum Gasteiger partial charge on any atom is -0.359 e. The van der Waals surface area contributed by atoms with E-state index in [0.717, 1.165) is 65.5 Å². The molecule has 0 amide bonds. The zero-order valence-corrected chi connectivity index (χ0v) is 26.9. The summed E-state index contributed by atoms with van der Waals surface area (Å²) in [4.78, 5) is 15.8. The van der Waals surface area contributed by atoms with Gasteiger partial charge in [-0.15, -0.1) is 0 Å². The standard InChI is InChI=1S/C43H39N5/c1-6-16-30(17-7-1)37-38(31-18-8-2-9-19-31)44-40(45-39(37)32-20-10-3-11-21-32)35-26-28-36(29-27-35)43-47-41(33-22-12-4-13-23-33)46-42(48-43)34-24-14-5-15-25-34/h1-14,16-20,22-24,26-28,32,36,40,42,44H,15,21,25,29H2,(H,46,47,48). The number of aliphatic imine (C=N–C) groups is 3. The van der Waals surface area contributed by atoms with Crippen molar-refractivity contribution in [1.82, 2.24) is 10.6 Å². The molecular weight excluding hydrogens is 587 g/mol. The second-order valence-corrected chi connectivity index (χ2v) is 12.7. The molecule has 5 heteroatoms. The van der Waals surface area contributed by atoms with E-state index in [9.17, 15) is 0 Å². The monoisotopic (exact) mass is 625 g/mol. The van der Waals surface area contributed by atoms with Gasteiger partial charge in [0, 0.05) is 23.0 Å². The van der Waals surface area contributed by atoms with E-state index < -0.39 is 0 Å². The fourth-order valence-corrected chi connectivity index (χ4v) is 6.97. The van der Waals surface area contributed by atoms with Crippen molar-refractivity contribution in [1.29, 1.82) is 0 Å². The predicted octanol–water partition coefficient (Wildman–Crippen LogP) is 8.61. The topological polar surface area (TPSA) is 61.1 Å². The van der Waals surface area contributed by atoms with E-state index in [2.05, 4.69) is 156 Å². The Hall–Kier alpha value is -5.55. The molecule has 0 fully saturated rings. The maximum atomic E-state index is 5.49. The Morgan fingerprint density at radius 2 is 1.38 bits per heavy atom. The molecule has 0 radical (unpaired) electrons. The van der Waals surface area contributed by atoms with Gasteiger partial charge >= 0.3 is 0 Å². The summed E-state index contributed by atoms with van der Waals surface area (Å²) in [6.45, 7) is 0. The van der Waals surface area contributed by atoms with Crippen molar-refractivity contribution in [2.45, 2.75) is 38.0 Å². The first kappa shape index (κ1) is 29.8. The first-order chi connectivity index (χ1) is 23.8. The Morgan fingerprint density at radius 3 is 2.04 bits per heavy atom. The lowest BCUT2D eigenvalue weighted by molar-refractivity contribution is 0.660. The van der Waals surface area contributed by atoms with Crippen LogP contribution < -0.4 is 10.6 Å². The fraction of sp³-hybridized carbons (Fsp3) is 0.186. The van der Waals surface area contributed by atoms with Gasteiger partial charge in [-0.25, -0.2) is 9.98 Å². The number of benzene rings is 3. The molecule has 0 spiro atoms. The Labute approximate surface area is 283 Å². The van der Waals surface area contributed by atoms with Crippen molar-refractivity contribution >= 4 is 28.7 Å². The Morgan fingerprint density at radius 1 is 0.625 bits per heavy atom. The SMILES string of the molecule is C1=CCCC(C2N=C(C3C=CC(C4N=C(C5C=CC=CC5)C(c5ccccc5)=C(c5ccccc5)N4)=CC3)N=C(c3ccccc3)N2)=C1. The van der Waals surface area contributed by atoms with Crippen LogP contribution in [0.15, 0.2) is 178 Å². The van der Waals surface area contributed by atoms with Crippen molar-refractivity contribution < 1.29 is 0 Å². The summed E-state index contributed by atoms with van der Waals surface area (Å²) in [5.41, 5.74) is 9.28. The van der Waals surface area contributed by atoms with E-state index in [4.69, 9.17) is 15.0 Å². The van der Waals surface area contributed by atoms with Crippen LogP contribution in [0, 0.1) is 11.8 Å². The minimum absolute atomic E-state index is 0.0827. The van der Waals surface area contributed by atoms with Gasteiger partial charge < -0.3 is 10.6 Å². The van der Waals surface area contributed by atoms with Crippen LogP contribution in [0.1, 0.15) is 42.4 Å². The Kier molecular flexibility index (Phi) is 8.49. The molecule has 2 aliphatic heterocycles. The second kappa shape index (κ2) is 13.7. The molecule has 3 aromatic rings. The molecule has 2 N–H and O–H groups in total. The molecule has 8 rings (SSSR count). The summed E-state index contributed by atoms with van der Waals surface area (Å²) in [6.07, 6.45) is 25.7. The van der Waals surface area contributed by atoms with E-state index in [1.807, 2.05) is 6.07 Å². The van der Waals surface area contributed by atoms with Crippen molar-refractivity contribution in [2.24, 2.45) is 26.8 Å². The third kappa shape index (κ3) is 6.24. The Bertz CT molecular complexity index is 1970. The smallest absolute Gasteiger partial charge is 0.144 e. The molecule has 4 atom stereocenters. The first-order valence-electron chi connectivity index (χ1n) is 17.1. The minimum atomic E-state index is -0.204. The quantitative estimate of drug-likeness (QED) is 0.276. The normalized spacial score (nSPS) is 24.9. The van der Waals surface area contributed by atoms with Gasteiger partial charge in [0.05, 0.1) is 11.4 Å². The van der Waals surface area contributed by atoms with Crippen LogP contribution in [0.5, 0.6) is 0 Å². The van der Waals surface area contributed by atoms with Gasteiger partial charge in [-0.05, 0) is 48.0 Å². The molecule has 0 saturated heterocycles. The fourth-order valence-electron chi connectivity index (χ4n) is 6.97. The van der Waals surface area contributed by atoms with Crippen molar-refractivity contribution in [3.8, 4) is 0 Å². The van der Waals surface area contributed by atoms with Crippen LogP contribution in [0.25, 0.3) is 11.3 Å². The summed E-state index contributed by atoms with van der Waals surface area (Å²) in [6, 6.07) is 31.7. The summed E-state index contributed by atoms with van der Waals surface area (Å²) in [5.74, 6) is 2.04. The van der Waals surface area contributed by atoms with E-state index in [1.165, 1.54) is 16.7 Å². The molecule has 5 nitrogen and oxygen atoms in total. The summed E-state index contributed by atoms with van der Waals surface area (Å²) in [5, 5.41) is 7.50. The highest BCUT2D eigenvalue weighted by Gasteiger charge is 2.32. The maximum Gasteiger partial charge on any atom is 0.144 e. The predicted molar refractivity (Wildman–Crippen MR) is 200 cm³/mol. The molecule has 5 aliphatic rings. The molecule has 2 heterocycles. The zero-order valence-electron chi connectivity index (χ0n) is 26.9. The number of rotatable bonds is 7. The van der Waals surface area contributed by atoms with Crippen molar-refractivity contribution in [2.75, 3.05) is 0 Å². The first-order valence-corrected chi connectivity index (χ1v) is 17.1. The molecule has 4 unspecified atom stereocenters. The number of allylic oxidation sites excluding steroid dienone is 9.